The number of hydrogen-bond donors (Lipinski definition) is 0. The summed E-state index contributed by atoms with van der Waals surface area (Å²) in [5.74, 6) is -2.49. The quantitative estimate of drug-likeness (QED) is 0.526. The first-order valence-corrected chi connectivity index (χ1v) is 8.67. The van der Waals surface area contributed by atoms with Crippen LogP contribution in [-0.2, 0) is 25.5 Å². The van der Waals surface area contributed by atoms with Gasteiger partial charge in [0.15, 0.2) is 35.1 Å². The largest absolute Gasteiger partial charge is 0.493 e. The smallest absolute Gasteiger partial charge is 0.325 e. The van der Waals surface area contributed by atoms with E-state index in [2.05, 4.69) is 0 Å². The Balaban J connectivity index is 1.58. The Morgan fingerprint density at radius 1 is 1.00 bits per heavy atom. The summed E-state index contributed by atoms with van der Waals surface area (Å²) in [6.07, 6.45) is 0.0486. The number of esters is 1. The van der Waals surface area contributed by atoms with Crippen molar-refractivity contribution in [2.75, 3.05) is 13.7 Å². The van der Waals surface area contributed by atoms with Gasteiger partial charge in [-0.25, -0.2) is 0 Å². The van der Waals surface area contributed by atoms with Crippen LogP contribution in [-0.4, -0.2) is 37.4 Å². The van der Waals surface area contributed by atoms with Gasteiger partial charge in [0.2, 0.25) is 0 Å². The van der Waals surface area contributed by atoms with Crippen LogP contribution in [0.2, 0.25) is 0 Å². The number of cyclic esters (lactones) is 1. The minimum atomic E-state index is -1.42. The normalized spacial score (nSPS) is 18.9. The Labute approximate surface area is 157 Å². The van der Waals surface area contributed by atoms with Crippen LogP contribution in [0.4, 0.5) is 0 Å². The van der Waals surface area contributed by atoms with Crippen molar-refractivity contribution in [1.82, 2.24) is 0 Å². The summed E-state index contributed by atoms with van der Waals surface area (Å²) in [6, 6.07) is 16.4. The Hall–Kier alpha value is -3.15. The third-order valence-electron chi connectivity index (χ3n) is 4.39. The van der Waals surface area contributed by atoms with Gasteiger partial charge in [-0.2, -0.15) is 0 Å². The Morgan fingerprint density at radius 2 is 1.67 bits per heavy atom. The summed E-state index contributed by atoms with van der Waals surface area (Å²) in [6.45, 7) is -0.405. The minimum absolute atomic E-state index is 0.353. The Morgan fingerprint density at radius 3 is 2.37 bits per heavy atom. The molecule has 6 heteroatoms. The van der Waals surface area contributed by atoms with Crippen LogP contribution < -0.4 is 9.47 Å². The van der Waals surface area contributed by atoms with E-state index in [-0.39, 0.29) is 0 Å². The molecule has 0 saturated carbocycles. The van der Waals surface area contributed by atoms with Crippen molar-refractivity contribution < 1.29 is 28.6 Å². The maximum Gasteiger partial charge on any atom is 0.325 e. The van der Waals surface area contributed by atoms with E-state index < -0.39 is 36.2 Å². The van der Waals surface area contributed by atoms with Gasteiger partial charge in [0, 0.05) is 0 Å². The van der Waals surface area contributed by atoms with Crippen LogP contribution in [0.3, 0.4) is 0 Å². The summed E-state index contributed by atoms with van der Waals surface area (Å²) >= 11 is 0. The molecule has 2 unspecified atom stereocenters. The number of para-hydroxylation sites is 2. The summed E-state index contributed by atoms with van der Waals surface area (Å²) in [5.41, 5.74) is 1.04. The molecule has 3 rings (SSSR count). The molecule has 0 bridgehead atoms. The second kappa shape index (κ2) is 8.49. The lowest BCUT2D eigenvalue weighted by Crippen LogP contribution is -2.31. The summed E-state index contributed by atoms with van der Waals surface area (Å²) < 4.78 is 15.7. The van der Waals surface area contributed by atoms with Crippen molar-refractivity contribution in [1.29, 1.82) is 0 Å². The van der Waals surface area contributed by atoms with Crippen LogP contribution >= 0.6 is 0 Å². The van der Waals surface area contributed by atoms with Gasteiger partial charge in [-0.1, -0.05) is 42.5 Å². The molecule has 2 atom stereocenters. The molecule has 6 nitrogen and oxygen atoms in total. The molecule has 0 spiro atoms. The zero-order valence-corrected chi connectivity index (χ0v) is 14.9. The number of carbonyl (C=O) groups is 3. The first-order valence-electron chi connectivity index (χ1n) is 8.67. The second-order valence-corrected chi connectivity index (χ2v) is 6.19. The molecule has 140 valence electrons. The van der Waals surface area contributed by atoms with Gasteiger partial charge < -0.3 is 14.2 Å². The van der Waals surface area contributed by atoms with Crippen LogP contribution in [0, 0.1) is 5.92 Å². The number of methoxy groups -OCH3 is 1. The third kappa shape index (κ3) is 4.34. The van der Waals surface area contributed by atoms with Crippen molar-refractivity contribution in [3.8, 4) is 11.5 Å². The molecule has 0 radical (unpaired) electrons. The van der Waals surface area contributed by atoms with Crippen LogP contribution in [0.1, 0.15) is 12.0 Å². The van der Waals surface area contributed by atoms with Crippen LogP contribution in [0.5, 0.6) is 11.5 Å². The lowest BCUT2D eigenvalue weighted by molar-refractivity contribution is -0.147. The van der Waals surface area contributed by atoms with Crippen molar-refractivity contribution in [3.63, 3.8) is 0 Å². The number of hydrogen-bond acceptors (Lipinski definition) is 6. The highest BCUT2D eigenvalue weighted by Crippen LogP contribution is 2.27. The fourth-order valence-electron chi connectivity index (χ4n) is 2.97. The van der Waals surface area contributed by atoms with Crippen molar-refractivity contribution >= 4 is 17.5 Å². The number of carbonyl (C=O) groups excluding carboxylic acids is 3. The van der Waals surface area contributed by atoms with Gasteiger partial charge in [-0.3, -0.25) is 14.4 Å². The number of ether oxygens (including phenoxy) is 3. The first kappa shape index (κ1) is 18.6. The van der Waals surface area contributed by atoms with Crippen LogP contribution in [0.25, 0.3) is 0 Å². The highest BCUT2D eigenvalue weighted by molar-refractivity contribution is 6.22. The van der Waals surface area contributed by atoms with Gasteiger partial charge >= 0.3 is 5.97 Å². The van der Waals surface area contributed by atoms with E-state index in [1.54, 1.807) is 24.3 Å². The molecule has 1 aliphatic heterocycles. The Bertz CT molecular complexity index is 830. The number of ketones is 2. The van der Waals surface area contributed by atoms with E-state index in [1.165, 1.54) is 7.11 Å². The van der Waals surface area contributed by atoms with E-state index >= 15 is 0 Å². The summed E-state index contributed by atoms with van der Waals surface area (Å²) in [5, 5.41) is 0. The van der Waals surface area contributed by atoms with Gasteiger partial charge in [0.25, 0.3) is 0 Å². The number of Topliss-reactive ketones (excluding diaryl/α,β-unsaturated/α-hetero) is 2. The average molecular weight is 368 g/mol. The monoisotopic (exact) mass is 368 g/mol. The molecular formula is C21H20O6. The molecule has 2 aromatic carbocycles. The highest BCUT2D eigenvalue weighted by Gasteiger charge is 2.47. The first-order chi connectivity index (χ1) is 13.1. The van der Waals surface area contributed by atoms with E-state index in [0.29, 0.717) is 24.3 Å². The second-order valence-electron chi connectivity index (χ2n) is 6.19. The highest BCUT2D eigenvalue weighted by atomic mass is 16.6. The van der Waals surface area contributed by atoms with Gasteiger partial charge in [0.1, 0.15) is 6.61 Å². The standard InChI is InChI=1S/C21H20O6/c1-25-16-9-5-6-10-17(16)26-13-15(22)19-20(23)18(27-21(19)24)12-11-14-7-3-2-4-8-14/h2-10,18-19H,11-13H2,1H3. The number of aryl methyl sites for hydroxylation is 1. The fraction of sp³-hybridized carbons (Fsp3) is 0.286. The van der Waals surface area contributed by atoms with Gasteiger partial charge in [-0.15, -0.1) is 0 Å². The summed E-state index contributed by atoms with van der Waals surface area (Å²) in [7, 11) is 1.49. The topological polar surface area (TPSA) is 78.9 Å². The third-order valence-corrected chi connectivity index (χ3v) is 4.39. The molecule has 0 N–H and O–H groups in total. The minimum Gasteiger partial charge on any atom is -0.493 e. The van der Waals surface area contributed by atoms with E-state index in [0.717, 1.165) is 5.56 Å². The summed E-state index contributed by atoms with van der Waals surface area (Å²) in [4.78, 5) is 36.9. The van der Waals surface area contributed by atoms with E-state index in [9.17, 15) is 14.4 Å². The predicted octanol–water partition coefficient (Wildman–Crippen LogP) is 2.39. The van der Waals surface area contributed by atoms with Crippen molar-refractivity contribution in [3.05, 3.63) is 60.2 Å². The van der Waals surface area contributed by atoms with E-state index in [1.807, 2.05) is 30.3 Å². The number of benzene rings is 2. The molecule has 1 fully saturated rings. The molecule has 2 aromatic rings. The fourth-order valence-corrected chi connectivity index (χ4v) is 2.97. The van der Waals surface area contributed by atoms with Crippen LogP contribution in [0.15, 0.2) is 54.6 Å². The average Bonchev–Trinajstić information content (AvgIpc) is 2.99. The van der Waals surface area contributed by atoms with Gasteiger partial charge in [0.05, 0.1) is 7.11 Å². The molecule has 0 amide bonds. The molecule has 0 aliphatic carbocycles. The predicted molar refractivity (Wildman–Crippen MR) is 96.6 cm³/mol. The Kier molecular flexibility index (Phi) is 5.86. The molecular weight excluding hydrogens is 348 g/mol. The molecule has 0 aromatic heterocycles. The molecule has 1 aliphatic rings. The maximum absolute atomic E-state index is 12.5. The van der Waals surface area contributed by atoms with Gasteiger partial charge in [-0.05, 0) is 30.5 Å². The molecule has 27 heavy (non-hydrogen) atoms. The molecule has 1 saturated heterocycles. The van der Waals surface area contributed by atoms with E-state index in [4.69, 9.17) is 14.2 Å². The SMILES string of the molecule is COc1ccccc1OCC(=O)C1C(=O)OC(CCc2ccccc2)C1=O. The zero-order valence-electron chi connectivity index (χ0n) is 14.9. The zero-order chi connectivity index (χ0) is 19.2. The lowest BCUT2D eigenvalue weighted by Gasteiger charge is -2.10. The molecule has 1 heterocycles. The number of rotatable bonds is 8. The van der Waals surface area contributed by atoms with Crippen molar-refractivity contribution in [2.24, 2.45) is 5.92 Å². The maximum atomic E-state index is 12.5. The van der Waals surface area contributed by atoms with Crippen molar-refractivity contribution in [2.45, 2.75) is 18.9 Å². The lowest BCUT2D eigenvalue weighted by atomic mass is 9.95.